The van der Waals surface area contributed by atoms with Gasteiger partial charge in [-0.3, -0.25) is 4.68 Å². The van der Waals surface area contributed by atoms with Crippen molar-refractivity contribution in [2.24, 2.45) is 0 Å². The van der Waals surface area contributed by atoms with Crippen LogP contribution in [0.4, 0.5) is 0 Å². The van der Waals surface area contributed by atoms with E-state index >= 15 is 0 Å². The van der Waals surface area contributed by atoms with Crippen LogP contribution in [0.3, 0.4) is 0 Å². The molecule has 0 radical (unpaired) electrons. The van der Waals surface area contributed by atoms with Gasteiger partial charge in [0, 0.05) is 12.7 Å². The normalized spacial score (nSPS) is 16.4. The van der Waals surface area contributed by atoms with Gasteiger partial charge in [0.1, 0.15) is 0 Å². The monoisotopic (exact) mass is 288 g/mol. The highest BCUT2D eigenvalue weighted by Gasteiger charge is 2.16. The Hall–Kier alpha value is -1.69. The Kier molecular flexibility index (Phi) is 4.65. The molecule has 1 N–H and O–H groups in total. The lowest BCUT2D eigenvalue weighted by Gasteiger charge is -2.21. The molecule has 21 heavy (non-hydrogen) atoms. The molecule has 2 aromatic heterocycles. The molecule has 6 heteroatoms. The first-order valence-corrected chi connectivity index (χ1v) is 7.99. The zero-order chi connectivity index (χ0) is 14.5. The van der Waals surface area contributed by atoms with E-state index in [0.29, 0.717) is 12.6 Å². The van der Waals surface area contributed by atoms with E-state index in [1.54, 1.807) is 0 Å². The van der Waals surface area contributed by atoms with E-state index in [4.69, 9.17) is 5.10 Å². The third-order valence-electron chi connectivity index (χ3n) is 4.08. The smallest absolute Gasteiger partial charge is 0.0964 e. The highest BCUT2D eigenvalue weighted by molar-refractivity contribution is 5.02. The number of nitrogens with one attached hydrogen (secondary N) is 1. The van der Waals surface area contributed by atoms with E-state index in [1.807, 2.05) is 10.9 Å². The van der Waals surface area contributed by atoms with Crippen LogP contribution in [0.15, 0.2) is 18.5 Å². The number of aromatic nitrogens is 5. The molecule has 6 nitrogen and oxygen atoms in total. The van der Waals surface area contributed by atoms with E-state index in [2.05, 4.69) is 39.5 Å². The quantitative estimate of drug-likeness (QED) is 0.884. The second-order valence-electron chi connectivity index (χ2n) is 5.77. The molecule has 1 fully saturated rings. The van der Waals surface area contributed by atoms with E-state index in [0.717, 1.165) is 24.5 Å². The minimum Gasteiger partial charge on any atom is -0.311 e. The van der Waals surface area contributed by atoms with Gasteiger partial charge in [-0.1, -0.05) is 31.4 Å². The maximum absolute atomic E-state index is 4.71. The van der Waals surface area contributed by atoms with Crippen molar-refractivity contribution >= 4 is 0 Å². The number of rotatable bonds is 6. The van der Waals surface area contributed by atoms with Crippen molar-refractivity contribution in [2.75, 3.05) is 6.54 Å². The second-order valence-corrected chi connectivity index (χ2v) is 5.77. The first-order chi connectivity index (χ1) is 10.3. The van der Waals surface area contributed by atoms with Crippen molar-refractivity contribution < 1.29 is 0 Å². The minimum absolute atomic E-state index is 0.590. The summed E-state index contributed by atoms with van der Waals surface area (Å²) in [5.41, 5.74) is 2.03. The van der Waals surface area contributed by atoms with Crippen LogP contribution in [0, 0.1) is 0 Å². The van der Waals surface area contributed by atoms with Gasteiger partial charge in [0.15, 0.2) is 0 Å². The Bertz CT molecular complexity index is 552. The van der Waals surface area contributed by atoms with Crippen LogP contribution in [-0.4, -0.2) is 31.3 Å². The van der Waals surface area contributed by atoms with Gasteiger partial charge in [-0.25, -0.2) is 4.68 Å². The predicted octanol–water partition coefficient (Wildman–Crippen LogP) is 2.14. The van der Waals surface area contributed by atoms with Crippen LogP contribution in [-0.2, 0) is 13.1 Å². The molecular weight excluding hydrogens is 264 g/mol. The molecule has 2 heterocycles. The summed E-state index contributed by atoms with van der Waals surface area (Å²) >= 11 is 0. The molecule has 0 aliphatic heterocycles. The van der Waals surface area contributed by atoms with Gasteiger partial charge in [0.25, 0.3) is 0 Å². The fourth-order valence-electron chi connectivity index (χ4n) is 2.93. The summed E-state index contributed by atoms with van der Waals surface area (Å²) in [4.78, 5) is 0. The molecule has 1 aliphatic carbocycles. The largest absolute Gasteiger partial charge is 0.311 e. The maximum Gasteiger partial charge on any atom is 0.0964 e. The summed E-state index contributed by atoms with van der Waals surface area (Å²) in [6.07, 6.45) is 10.7. The van der Waals surface area contributed by atoms with Gasteiger partial charge in [0.2, 0.25) is 0 Å². The number of nitrogens with zero attached hydrogens (tertiary/aromatic N) is 5. The molecule has 0 atom stereocenters. The van der Waals surface area contributed by atoms with Gasteiger partial charge in [-0.05, 0) is 25.5 Å². The summed E-state index contributed by atoms with van der Waals surface area (Å²) < 4.78 is 4.01. The Morgan fingerprint density at radius 1 is 1.24 bits per heavy atom. The second kappa shape index (κ2) is 6.85. The Morgan fingerprint density at radius 3 is 2.90 bits per heavy atom. The van der Waals surface area contributed by atoms with Gasteiger partial charge in [0.05, 0.1) is 30.2 Å². The van der Waals surface area contributed by atoms with Crippen LogP contribution in [0.25, 0.3) is 0 Å². The van der Waals surface area contributed by atoms with Crippen LogP contribution >= 0.6 is 0 Å². The van der Waals surface area contributed by atoms with Crippen LogP contribution in [0.2, 0.25) is 0 Å². The molecule has 1 saturated carbocycles. The molecule has 0 amide bonds. The average Bonchev–Trinajstić information content (AvgIpc) is 3.16. The Labute approximate surface area is 125 Å². The zero-order valence-electron chi connectivity index (χ0n) is 12.7. The summed E-state index contributed by atoms with van der Waals surface area (Å²) in [5.74, 6) is 0. The van der Waals surface area contributed by atoms with Crippen molar-refractivity contribution in [2.45, 2.75) is 58.2 Å². The molecule has 0 aromatic carbocycles. The molecular formula is C15H24N6. The molecule has 0 bridgehead atoms. The first kappa shape index (κ1) is 14.3. The Balaban J connectivity index is 1.59. The standard InChI is InChI=1S/C15H24N6/c1-2-16-10-14-12-20(19-17-14)11-13-8-9-21(18-13)15-6-4-3-5-7-15/h8-9,12,15-16H,2-7,10-11H2,1H3. The van der Waals surface area contributed by atoms with Crippen molar-refractivity contribution in [1.29, 1.82) is 0 Å². The highest BCUT2D eigenvalue weighted by atomic mass is 15.4. The molecule has 0 unspecified atom stereocenters. The first-order valence-electron chi connectivity index (χ1n) is 7.99. The number of hydrogen-bond acceptors (Lipinski definition) is 4. The van der Waals surface area contributed by atoms with Crippen molar-refractivity contribution in [1.82, 2.24) is 30.1 Å². The Morgan fingerprint density at radius 2 is 2.10 bits per heavy atom. The lowest BCUT2D eigenvalue weighted by molar-refractivity contribution is 0.327. The number of hydrogen-bond donors (Lipinski definition) is 1. The van der Waals surface area contributed by atoms with Gasteiger partial charge < -0.3 is 5.32 Å². The van der Waals surface area contributed by atoms with Gasteiger partial charge in [-0.15, -0.1) is 5.10 Å². The SMILES string of the molecule is CCNCc1cn(Cc2ccn(C3CCCCC3)n2)nn1. The lowest BCUT2D eigenvalue weighted by atomic mass is 9.96. The fourth-order valence-corrected chi connectivity index (χ4v) is 2.93. The van der Waals surface area contributed by atoms with E-state index in [1.165, 1.54) is 32.1 Å². The topological polar surface area (TPSA) is 60.6 Å². The van der Waals surface area contributed by atoms with Gasteiger partial charge in [-0.2, -0.15) is 5.10 Å². The summed E-state index contributed by atoms with van der Waals surface area (Å²) in [5, 5.41) is 16.3. The van der Waals surface area contributed by atoms with Gasteiger partial charge >= 0.3 is 0 Å². The van der Waals surface area contributed by atoms with Crippen LogP contribution in [0.1, 0.15) is 56.5 Å². The predicted molar refractivity (Wildman–Crippen MR) is 80.9 cm³/mol. The summed E-state index contributed by atoms with van der Waals surface area (Å²) in [6, 6.07) is 2.69. The van der Waals surface area contributed by atoms with Crippen molar-refractivity contribution in [3.63, 3.8) is 0 Å². The fraction of sp³-hybridized carbons (Fsp3) is 0.667. The molecule has 0 saturated heterocycles. The van der Waals surface area contributed by atoms with Crippen molar-refractivity contribution in [3.8, 4) is 0 Å². The molecule has 3 rings (SSSR count). The average molecular weight is 288 g/mol. The molecule has 2 aromatic rings. The zero-order valence-corrected chi connectivity index (χ0v) is 12.7. The van der Waals surface area contributed by atoms with E-state index < -0.39 is 0 Å². The summed E-state index contributed by atoms with van der Waals surface area (Å²) in [6.45, 7) is 4.49. The lowest BCUT2D eigenvalue weighted by Crippen LogP contribution is -2.14. The van der Waals surface area contributed by atoms with Crippen LogP contribution in [0.5, 0.6) is 0 Å². The minimum atomic E-state index is 0.590. The third-order valence-corrected chi connectivity index (χ3v) is 4.08. The van der Waals surface area contributed by atoms with Crippen LogP contribution < -0.4 is 5.32 Å². The molecule has 1 aliphatic rings. The van der Waals surface area contributed by atoms with E-state index in [-0.39, 0.29) is 0 Å². The molecule has 0 spiro atoms. The highest BCUT2D eigenvalue weighted by Crippen LogP contribution is 2.27. The third kappa shape index (κ3) is 3.69. The summed E-state index contributed by atoms with van der Waals surface area (Å²) in [7, 11) is 0. The molecule has 114 valence electrons. The van der Waals surface area contributed by atoms with Crippen molar-refractivity contribution in [3.05, 3.63) is 29.8 Å². The maximum atomic E-state index is 4.71. The van der Waals surface area contributed by atoms with E-state index in [9.17, 15) is 0 Å².